The first-order valence-corrected chi connectivity index (χ1v) is 5.67. The second kappa shape index (κ2) is 6.98. The number of hydrogen-bond donors (Lipinski definition) is 1. The Morgan fingerprint density at radius 1 is 1.17 bits per heavy atom. The molecule has 0 radical (unpaired) electrons. The van der Waals surface area contributed by atoms with Crippen LogP contribution in [0.2, 0.25) is 0 Å². The zero-order valence-electron chi connectivity index (χ0n) is 11.2. The minimum atomic E-state index is -1.12. The highest BCUT2D eigenvalue weighted by molar-refractivity contribution is 5.79. The maximum absolute atomic E-state index is 11.5. The minimum absolute atomic E-state index is 0.0315. The largest absolute Gasteiger partial charge is 0.481 e. The predicted molar refractivity (Wildman–Crippen MR) is 62.8 cm³/mol. The molecule has 104 valence electrons. The Balaban J connectivity index is 4.32. The summed E-state index contributed by atoms with van der Waals surface area (Å²) in [7, 11) is 1.23. The van der Waals surface area contributed by atoms with Crippen molar-refractivity contribution in [3.63, 3.8) is 0 Å². The number of aliphatic carboxylic acids is 1. The highest BCUT2D eigenvalue weighted by Gasteiger charge is 2.25. The lowest BCUT2D eigenvalue weighted by Gasteiger charge is -2.20. The van der Waals surface area contributed by atoms with Crippen molar-refractivity contribution in [1.82, 2.24) is 0 Å². The van der Waals surface area contributed by atoms with Gasteiger partial charge < -0.3 is 14.6 Å². The lowest BCUT2D eigenvalue weighted by atomic mass is 9.99. The van der Waals surface area contributed by atoms with Crippen molar-refractivity contribution in [2.45, 2.75) is 45.6 Å². The summed E-state index contributed by atoms with van der Waals surface area (Å²) in [6, 6.07) is 0. The van der Waals surface area contributed by atoms with Crippen LogP contribution >= 0.6 is 0 Å². The zero-order chi connectivity index (χ0) is 14.3. The van der Waals surface area contributed by atoms with Crippen LogP contribution in [-0.2, 0) is 23.9 Å². The van der Waals surface area contributed by atoms with Gasteiger partial charge in [-0.3, -0.25) is 14.4 Å². The van der Waals surface area contributed by atoms with E-state index < -0.39 is 29.4 Å². The van der Waals surface area contributed by atoms with Crippen LogP contribution in [0.5, 0.6) is 0 Å². The van der Waals surface area contributed by atoms with Gasteiger partial charge in [0.2, 0.25) is 0 Å². The van der Waals surface area contributed by atoms with Crippen LogP contribution in [0.15, 0.2) is 0 Å². The molecular formula is C12H20O6. The van der Waals surface area contributed by atoms with Gasteiger partial charge >= 0.3 is 17.9 Å². The van der Waals surface area contributed by atoms with Crippen molar-refractivity contribution in [2.24, 2.45) is 5.92 Å². The highest BCUT2D eigenvalue weighted by atomic mass is 16.6. The summed E-state index contributed by atoms with van der Waals surface area (Å²) in [4.78, 5) is 33.3. The van der Waals surface area contributed by atoms with Gasteiger partial charge in [0.25, 0.3) is 0 Å². The first-order valence-electron chi connectivity index (χ1n) is 5.67. The van der Waals surface area contributed by atoms with Crippen LogP contribution in [0.25, 0.3) is 0 Å². The first kappa shape index (κ1) is 16.4. The van der Waals surface area contributed by atoms with E-state index in [1.54, 1.807) is 20.8 Å². The second-order valence-electron chi connectivity index (χ2n) is 4.94. The molecule has 0 spiro atoms. The summed E-state index contributed by atoms with van der Waals surface area (Å²) in [6.07, 6.45) is -0.221. The quantitative estimate of drug-likeness (QED) is 0.725. The Bertz CT molecular complexity index is 315. The van der Waals surface area contributed by atoms with Crippen LogP contribution in [0.3, 0.4) is 0 Å². The smallest absolute Gasteiger partial charge is 0.307 e. The van der Waals surface area contributed by atoms with E-state index in [9.17, 15) is 14.4 Å². The third-order valence-corrected chi connectivity index (χ3v) is 2.11. The average Bonchev–Trinajstić information content (AvgIpc) is 2.20. The summed E-state index contributed by atoms with van der Waals surface area (Å²) in [6.45, 7) is 5.11. The van der Waals surface area contributed by atoms with E-state index in [1.807, 2.05) is 0 Å². The van der Waals surface area contributed by atoms with Gasteiger partial charge in [-0.25, -0.2) is 0 Å². The van der Waals surface area contributed by atoms with Crippen molar-refractivity contribution < 1.29 is 29.0 Å². The van der Waals surface area contributed by atoms with Crippen LogP contribution in [-0.4, -0.2) is 35.7 Å². The third kappa shape index (κ3) is 7.65. The molecule has 0 bridgehead atoms. The number of carboxylic acids is 1. The number of esters is 2. The molecule has 6 heteroatoms. The highest BCUT2D eigenvalue weighted by Crippen LogP contribution is 2.16. The van der Waals surface area contributed by atoms with E-state index in [2.05, 4.69) is 4.74 Å². The van der Waals surface area contributed by atoms with Gasteiger partial charge in [-0.15, -0.1) is 0 Å². The summed E-state index contributed by atoms with van der Waals surface area (Å²) >= 11 is 0. The van der Waals surface area contributed by atoms with Crippen molar-refractivity contribution in [3.05, 3.63) is 0 Å². The number of rotatable bonds is 6. The molecule has 18 heavy (non-hydrogen) atoms. The summed E-state index contributed by atoms with van der Waals surface area (Å²) in [5.74, 6) is -3.13. The fourth-order valence-electron chi connectivity index (χ4n) is 1.29. The number of carbonyl (C=O) groups is 3. The Labute approximate surface area is 106 Å². The van der Waals surface area contributed by atoms with Gasteiger partial charge in [-0.2, -0.15) is 0 Å². The van der Waals surface area contributed by atoms with Gasteiger partial charge in [0, 0.05) is 6.42 Å². The summed E-state index contributed by atoms with van der Waals surface area (Å²) in [5, 5.41) is 8.95. The topological polar surface area (TPSA) is 89.9 Å². The van der Waals surface area contributed by atoms with Gasteiger partial charge in [-0.1, -0.05) is 0 Å². The SMILES string of the molecule is COC(=O)CC[C@@H](CC(=O)OC(C)(C)C)C(=O)O. The maximum Gasteiger partial charge on any atom is 0.307 e. The maximum atomic E-state index is 11.5. The van der Waals surface area contributed by atoms with E-state index in [-0.39, 0.29) is 19.3 Å². The molecule has 0 unspecified atom stereocenters. The second-order valence-corrected chi connectivity index (χ2v) is 4.94. The third-order valence-electron chi connectivity index (χ3n) is 2.11. The predicted octanol–water partition coefficient (Wildman–Crippen LogP) is 1.37. The Morgan fingerprint density at radius 3 is 2.11 bits per heavy atom. The molecule has 0 aliphatic rings. The number of ether oxygens (including phenoxy) is 2. The van der Waals surface area contributed by atoms with Gasteiger partial charge in [0.1, 0.15) is 5.60 Å². The average molecular weight is 260 g/mol. The van der Waals surface area contributed by atoms with Crippen LogP contribution in [0, 0.1) is 5.92 Å². The monoisotopic (exact) mass is 260 g/mol. The molecule has 6 nitrogen and oxygen atoms in total. The van der Waals surface area contributed by atoms with Crippen molar-refractivity contribution in [1.29, 1.82) is 0 Å². The molecule has 0 aromatic carbocycles. The number of methoxy groups -OCH3 is 1. The van der Waals surface area contributed by atoms with Gasteiger partial charge in [-0.05, 0) is 27.2 Å². The molecule has 0 aliphatic heterocycles. The molecule has 0 fully saturated rings. The molecule has 1 atom stereocenters. The molecule has 0 saturated heterocycles. The van der Waals surface area contributed by atoms with Crippen LogP contribution < -0.4 is 0 Å². The van der Waals surface area contributed by atoms with Crippen LogP contribution in [0.1, 0.15) is 40.0 Å². The minimum Gasteiger partial charge on any atom is -0.481 e. The molecule has 0 heterocycles. The van der Waals surface area contributed by atoms with Crippen molar-refractivity contribution in [2.75, 3.05) is 7.11 Å². The molecule has 0 amide bonds. The number of carbonyl (C=O) groups excluding carboxylic acids is 2. The molecule has 0 rings (SSSR count). The molecule has 0 aromatic rings. The Kier molecular flexibility index (Phi) is 6.36. The number of hydrogen-bond acceptors (Lipinski definition) is 5. The lowest BCUT2D eigenvalue weighted by Crippen LogP contribution is -2.27. The molecular weight excluding hydrogens is 240 g/mol. The molecule has 1 N–H and O–H groups in total. The van der Waals surface area contributed by atoms with Crippen molar-refractivity contribution in [3.8, 4) is 0 Å². The van der Waals surface area contributed by atoms with E-state index in [4.69, 9.17) is 9.84 Å². The fraction of sp³-hybridized carbons (Fsp3) is 0.750. The van der Waals surface area contributed by atoms with E-state index in [1.165, 1.54) is 7.11 Å². The summed E-state index contributed by atoms with van der Waals surface area (Å²) in [5.41, 5.74) is -0.650. The van der Waals surface area contributed by atoms with Gasteiger partial charge in [0.15, 0.2) is 0 Å². The van der Waals surface area contributed by atoms with E-state index in [0.717, 1.165) is 0 Å². The standard InChI is InChI=1S/C12H20O6/c1-12(2,3)18-10(14)7-8(11(15)16)5-6-9(13)17-4/h8H,5-7H2,1-4H3,(H,15,16)/t8-/m0/s1. The summed E-state index contributed by atoms with van der Waals surface area (Å²) < 4.78 is 9.45. The van der Waals surface area contributed by atoms with E-state index >= 15 is 0 Å². The molecule has 0 aromatic heterocycles. The first-order chi connectivity index (χ1) is 8.15. The molecule has 0 saturated carbocycles. The Morgan fingerprint density at radius 2 is 1.72 bits per heavy atom. The van der Waals surface area contributed by atoms with Crippen LogP contribution in [0.4, 0.5) is 0 Å². The van der Waals surface area contributed by atoms with Crippen molar-refractivity contribution >= 4 is 17.9 Å². The fourth-order valence-corrected chi connectivity index (χ4v) is 1.29. The zero-order valence-corrected chi connectivity index (χ0v) is 11.2. The van der Waals surface area contributed by atoms with Gasteiger partial charge in [0.05, 0.1) is 19.4 Å². The Hall–Kier alpha value is -1.59. The van der Waals surface area contributed by atoms with E-state index in [0.29, 0.717) is 0 Å². The lowest BCUT2D eigenvalue weighted by molar-refractivity contribution is -0.160. The normalized spacial score (nSPS) is 12.7. The molecule has 0 aliphatic carbocycles. The number of carboxylic acid groups (broad SMARTS) is 1.